The van der Waals surface area contributed by atoms with Gasteiger partial charge in [0.2, 0.25) is 5.91 Å². The van der Waals surface area contributed by atoms with Crippen molar-refractivity contribution >= 4 is 11.7 Å². The lowest BCUT2D eigenvalue weighted by molar-refractivity contribution is -0.128. The van der Waals surface area contributed by atoms with Crippen LogP contribution in [0.3, 0.4) is 0 Å². The van der Waals surface area contributed by atoms with Crippen LogP contribution < -0.4 is 10.6 Å². The van der Waals surface area contributed by atoms with E-state index in [4.69, 9.17) is 9.47 Å². The summed E-state index contributed by atoms with van der Waals surface area (Å²) in [4.78, 5) is 23.1. The molecule has 0 unspecified atom stereocenters. The van der Waals surface area contributed by atoms with Crippen molar-refractivity contribution in [3.05, 3.63) is 0 Å². The van der Waals surface area contributed by atoms with Gasteiger partial charge in [-0.1, -0.05) is 20.8 Å². The van der Waals surface area contributed by atoms with Crippen molar-refractivity contribution in [2.24, 2.45) is 5.41 Å². The second-order valence-corrected chi connectivity index (χ2v) is 5.90. The van der Waals surface area contributed by atoms with Crippen LogP contribution in [0, 0.1) is 5.41 Å². The summed E-state index contributed by atoms with van der Waals surface area (Å²) in [5.74, 6) is 0.0557. The van der Waals surface area contributed by atoms with Crippen molar-refractivity contribution in [3.63, 3.8) is 0 Å². The SMILES string of the molecule is CNCCOCCOCC(=O)NCCCC(=O)C(C)(C)C. The molecule has 0 rings (SSSR count). The topological polar surface area (TPSA) is 76.7 Å². The molecule has 21 heavy (non-hydrogen) atoms. The first-order chi connectivity index (χ1) is 9.88. The van der Waals surface area contributed by atoms with Crippen LogP contribution in [-0.4, -0.2) is 58.3 Å². The molecule has 0 aromatic rings. The van der Waals surface area contributed by atoms with Crippen molar-refractivity contribution in [1.82, 2.24) is 10.6 Å². The number of ether oxygens (including phenoxy) is 2. The van der Waals surface area contributed by atoms with E-state index in [0.29, 0.717) is 39.2 Å². The van der Waals surface area contributed by atoms with E-state index in [1.807, 2.05) is 27.8 Å². The van der Waals surface area contributed by atoms with Gasteiger partial charge in [0.05, 0.1) is 19.8 Å². The normalized spacial score (nSPS) is 11.4. The number of rotatable bonds is 12. The van der Waals surface area contributed by atoms with Crippen LogP contribution in [0.2, 0.25) is 0 Å². The Kier molecular flexibility index (Phi) is 11.1. The highest BCUT2D eigenvalue weighted by atomic mass is 16.5. The fourth-order valence-electron chi connectivity index (χ4n) is 1.46. The lowest BCUT2D eigenvalue weighted by atomic mass is 9.88. The summed E-state index contributed by atoms with van der Waals surface area (Å²) in [6.45, 7) is 8.56. The fourth-order valence-corrected chi connectivity index (χ4v) is 1.46. The van der Waals surface area contributed by atoms with E-state index in [2.05, 4.69) is 10.6 Å². The van der Waals surface area contributed by atoms with E-state index >= 15 is 0 Å². The van der Waals surface area contributed by atoms with E-state index in [-0.39, 0.29) is 23.7 Å². The van der Waals surface area contributed by atoms with Gasteiger partial charge in [-0.05, 0) is 13.5 Å². The molecule has 0 fully saturated rings. The first-order valence-corrected chi connectivity index (χ1v) is 7.48. The summed E-state index contributed by atoms with van der Waals surface area (Å²) >= 11 is 0. The molecule has 6 heteroatoms. The molecule has 0 aliphatic rings. The van der Waals surface area contributed by atoms with Gasteiger partial charge >= 0.3 is 0 Å². The summed E-state index contributed by atoms with van der Waals surface area (Å²) in [6, 6.07) is 0. The third kappa shape index (κ3) is 12.5. The van der Waals surface area contributed by atoms with Crippen molar-refractivity contribution in [1.29, 1.82) is 0 Å². The number of hydrogen-bond donors (Lipinski definition) is 2. The zero-order valence-corrected chi connectivity index (χ0v) is 13.8. The second-order valence-electron chi connectivity index (χ2n) is 5.90. The molecule has 0 saturated carbocycles. The van der Waals surface area contributed by atoms with Crippen molar-refractivity contribution in [2.45, 2.75) is 33.6 Å². The van der Waals surface area contributed by atoms with E-state index in [0.717, 1.165) is 6.54 Å². The molecule has 0 radical (unpaired) electrons. The summed E-state index contributed by atoms with van der Waals surface area (Å²) in [7, 11) is 1.86. The Bertz CT molecular complexity index is 301. The predicted octanol–water partition coefficient (Wildman–Crippen LogP) is 0.751. The molecule has 1 amide bonds. The van der Waals surface area contributed by atoms with Gasteiger partial charge in [0, 0.05) is 24.9 Å². The van der Waals surface area contributed by atoms with Gasteiger partial charge in [-0.25, -0.2) is 0 Å². The number of hydrogen-bond acceptors (Lipinski definition) is 5. The highest BCUT2D eigenvalue weighted by molar-refractivity contribution is 5.83. The minimum atomic E-state index is -0.305. The van der Waals surface area contributed by atoms with Gasteiger partial charge in [-0.2, -0.15) is 0 Å². The maximum absolute atomic E-state index is 11.7. The summed E-state index contributed by atoms with van der Waals surface area (Å²) in [5, 5.41) is 5.70. The fraction of sp³-hybridized carbons (Fsp3) is 0.867. The van der Waals surface area contributed by atoms with E-state index < -0.39 is 0 Å². The Hall–Kier alpha value is -0.980. The number of amides is 1. The van der Waals surface area contributed by atoms with Gasteiger partial charge in [-0.3, -0.25) is 9.59 Å². The quantitative estimate of drug-likeness (QED) is 0.520. The molecule has 0 aliphatic carbocycles. The van der Waals surface area contributed by atoms with Crippen LogP contribution >= 0.6 is 0 Å². The van der Waals surface area contributed by atoms with Gasteiger partial charge in [0.15, 0.2) is 0 Å². The predicted molar refractivity (Wildman–Crippen MR) is 82.3 cm³/mol. The summed E-state index contributed by atoms with van der Waals surface area (Å²) < 4.78 is 10.4. The average molecular weight is 302 g/mol. The largest absolute Gasteiger partial charge is 0.378 e. The van der Waals surface area contributed by atoms with Gasteiger partial charge in [-0.15, -0.1) is 0 Å². The Morgan fingerprint density at radius 2 is 1.67 bits per heavy atom. The number of likely N-dealkylation sites (N-methyl/N-ethyl adjacent to an activating group) is 1. The van der Waals surface area contributed by atoms with Crippen LogP contribution in [0.25, 0.3) is 0 Å². The third-order valence-corrected chi connectivity index (χ3v) is 2.84. The van der Waals surface area contributed by atoms with Crippen LogP contribution in [0.1, 0.15) is 33.6 Å². The van der Waals surface area contributed by atoms with Crippen molar-refractivity contribution < 1.29 is 19.1 Å². The molecule has 0 aromatic carbocycles. The molecule has 6 nitrogen and oxygen atoms in total. The summed E-state index contributed by atoms with van der Waals surface area (Å²) in [5.41, 5.74) is -0.305. The van der Waals surface area contributed by atoms with Crippen LogP contribution in [0.4, 0.5) is 0 Å². The van der Waals surface area contributed by atoms with E-state index in [1.165, 1.54) is 0 Å². The Morgan fingerprint density at radius 1 is 1.00 bits per heavy atom. The first-order valence-electron chi connectivity index (χ1n) is 7.48. The van der Waals surface area contributed by atoms with Gasteiger partial charge in [0.1, 0.15) is 12.4 Å². The van der Waals surface area contributed by atoms with Crippen molar-refractivity contribution in [2.75, 3.05) is 46.6 Å². The van der Waals surface area contributed by atoms with Gasteiger partial charge in [0.25, 0.3) is 0 Å². The molecule has 0 bridgehead atoms. The van der Waals surface area contributed by atoms with E-state index in [1.54, 1.807) is 0 Å². The molecule has 124 valence electrons. The molecule has 0 spiro atoms. The number of ketones is 1. The molecule has 0 saturated heterocycles. The number of carbonyl (C=O) groups is 2. The standard InChI is InChI=1S/C15H30N2O4/c1-15(2,3)13(18)6-5-7-17-14(19)12-21-11-10-20-9-8-16-4/h16H,5-12H2,1-4H3,(H,17,19). The number of nitrogens with one attached hydrogen (secondary N) is 2. The highest BCUT2D eigenvalue weighted by Gasteiger charge is 2.20. The zero-order chi connectivity index (χ0) is 16.1. The smallest absolute Gasteiger partial charge is 0.245 e. The third-order valence-electron chi connectivity index (χ3n) is 2.84. The second kappa shape index (κ2) is 11.7. The Labute approximate surface area is 127 Å². The zero-order valence-electron chi connectivity index (χ0n) is 13.8. The van der Waals surface area contributed by atoms with Gasteiger partial charge < -0.3 is 20.1 Å². The minimum absolute atomic E-state index is 0.0304. The monoisotopic (exact) mass is 302 g/mol. The Balaban J connectivity index is 3.41. The molecule has 0 heterocycles. The van der Waals surface area contributed by atoms with E-state index in [9.17, 15) is 9.59 Å². The molecule has 2 N–H and O–H groups in total. The molecular formula is C15H30N2O4. The first kappa shape index (κ1) is 20.0. The number of carbonyl (C=O) groups excluding carboxylic acids is 2. The Morgan fingerprint density at radius 3 is 2.29 bits per heavy atom. The lowest BCUT2D eigenvalue weighted by Crippen LogP contribution is -2.30. The minimum Gasteiger partial charge on any atom is -0.378 e. The van der Waals surface area contributed by atoms with Crippen LogP contribution in [0.15, 0.2) is 0 Å². The maximum atomic E-state index is 11.7. The maximum Gasteiger partial charge on any atom is 0.245 e. The lowest BCUT2D eigenvalue weighted by Gasteiger charge is -2.16. The molecule has 0 aromatic heterocycles. The van der Waals surface area contributed by atoms with Crippen LogP contribution in [0.5, 0.6) is 0 Å². The molecule has 0 atom stereocenters. The molecular weight excluding hydrogens is 272 g/mol. The average Bonchev–Trinajstić information content (AvgIpc) is 2.41. The highest BCUT2D eigenvalue weighted by Crippen LogP contribution is 2.17. The summed E-state index contributed by atoms with van der Waals surface area (Å²) in [6.07, 6.45) is 1.15. The molecule has 0 aliphatic heterocycles. The van der Waals surface area contributed by atoms with Crippen LogP contribution in [-0.2, 0) is 19.1 Å². The number of Topliss-reactive ketones (excluding diaryl/α,β-unsaturated/α-hetero) is 1. The van der Waals surface area contributed by atoms with Crippen molar-refractivity contribution in [3.8, 4) is 0 Å².